The minimum atomic E-state index is -5.74. The van der Waals surface area contributed by atoms with Crippen LogP contribution in [0.4, 0.5) is 17.6 Å². The lowest BCUT2D eigenvalue weighted by Crippen LogP contribution is -2.47. The van der Waals surface area contributed by atoms with Crippen molar-refractivity contribution in [1.29, 1.82) is 0 Å². The first kappa shape index (κ1) is 21.9. The average molecular weight is 394 g/mol. The molecule has 146 valence electrons. The van der Waals surface area contributed by atoms with Crippen LogP contribution in [-0.4, -0.2) is 40.6 Å². The number of esters is 2. The van der Waals surface area contributed by atoms with E-state index in [0.29, 0.717) is 19.3 Å². The van der Waals surface area contributed by atoms with Gasteiger partial charge in [-0.3, -0.25) is 0 Å². The molecule has 12 heteroatoms. The van der Waals surface area contributed by atoms with Crippen LogP contribution in [0.1, 0.15) is 45.4 Å². The maximum absolute atomic E-state index is 13.8. The lowest BCUT2D eigenvalue weighted by atomic mass is 9.83. The van der Waals surface area contributed by atoms with E-state index in [0.717, 1.165) is 19.3 Å². The number of rotatable bonds is 8. The summed E-state index contributed by atoms with van der Waals surface area (Å²) in [5.41, 5.74) is -0.749. The van der Waals surface area contributed by atoms with E-state index in [-0.39, 0.29) is 0 Å². The largest absolute Gasteiger partial charge is 0.457 e. The van der Waals surface area contributed by atoms with E-state index in [1.807, 2.05) is 0 Å². The van der Waals surface area contributed by atoms with Gasteiger partial charge >= 0.3 is 23.1 Å². The number of halogens is 4. The summed E-state index contributed by atoms with van der Waals surface area (Å²) < 4.78 is 64.5. The zero-order chi connectivity index (χ0) is 19.1. The zero-order valence-corrected chi connectivity index (χ0v) is 14.1. The molecule has 1 saturated carbocycles. The normalized spacial score (nSPS) is 19.8. The van der Waals surface area contributed by atoms with Crippen LogP contribution < -0.4 is 0 Å². The molecule has 1 fully saturated rings. The van der Waals surface area contributed by atoms with Gasteiger partial charge in [-0.25, -0.2) is 19.2 Å². The third kappa shape index (κ3) is 5.69. The summed E-state index contributed by atoms with van der Waals surface area (Å²) in [5, 5.41) is 6.00. The quantitative estimate of drug-likeness (QED) is 0.220. The standard InChI is InChI=1S/C13H18F4O7S/c1-2-11(6-4-3-5-7-11)22-9(18)8-21-10(19)12(14,13(15,16)17)25-24-23-20/h20H,2-8H2,1H3. The molecule has 0 radical (unpaired) electrons. The van der Waals surface area contributed by atoms with Crippen LogP contribution in [0.2, 0.25) is 0 Å². The van der Waals surface area contributed by atoms with Crippen molar-refractivity contribution in [3.05, 3.63) is 0 Å². The van der Waals surface area contributed by atoms with Crippen LogP contribution in [-0.2, 0) is 28.4 Å². The molecule has 1 atom stereocenters. The smallest absolute Gasteiger partial charge is 0.446 e. The van der Waals surface area contributed by atoms with Crippen molar-refractivity contribution in [3.63, 3.8) is 0 Å². The maximum Gasteiger partial charge on any atom is 0.446 e. The first-order valence-corrected chi connectivity index (χ1v) is 8.15. The SMILES string of the molecule is CCC1(OC(=O)COC(=O)C(F)(SOOO)C(F)(F)F)CCCCC1. The van der Waals surface area contributed by atoms with Crippen LogP contribution in [0, 0.1) is 0 Å². The second kappa shape index (κ2) is 9.01. The molecule has 1 N–H and O–H groups in total. The topological polar surface area (TPSA) is 91.3 Å². The van der Waals surface area contributed by atoms with Gasteiger partial charge in [-0.05, 0) is 32.1 Å². The van der Waals surface area contributed by atoms with Gasteiger partial charge in [0, 0.05) is 0 Å². The van der Waals surface area contributed by atoms with Crippen molar-refractivity contribution in [1.82, 2.24) is 0 Å². The van der Waals surface area contributed by atoms with Crippen molar-refractivity contribution in [3.8, 4) is 0 Å². The third-order valence-corrected chi connectivity index (χ3v) is 4.62. The van der Waals surface area contributed by atoms with Crippen LogP contribution in [0.25, 0.3) is 0 Å². The number of carbonyl (C=O) groups is 2. The molecular formula is C13H18F4O7S. The number of hydrogen-bond donors (Lipinski definition) is 1. The van der Waals surface area contributed by atoms with Crippen LogP contribution in [0.15, 0.2) is 0 Å². The van der Waals surface area contributed by atoms with Crippen molar-refractivity contribution in [2.24, 2.45) is 0 Å². The van der Waals surface area contributed by atoms with Gasteiger partial charge < -0.3 is 9.47 Å². The second-order valence-electron chi connectivity index (χ2n) is 5.47. The molecule has 0 spiro atoms. The summed E-state index contributed by atoms with van der Waals surface area (Å²) in [6, 6.07) is 0. The van der Waals surface area contributed by atoms with Crippen molar-refractivity contribution in [2.75, 3.05) is 6.61 Å². The van der Waals surface area contributed by atoms with Crippen LogP contribution in [0.5, 0.6) is 0 Å². The fourth-order valence-corrected chi connectivity index (χ4v) is 2.82. The van der Waals surface area contributed by atoms with E-state index < -0.39 is 47.4 Å². The first-order chi connectivity index (χ1) is 11.6. The Morgan fingerprint density at radius 2 is 1.76 bits per heavy atom. The molecule has 7 nitrogen and oxygen atoms in total. The van der Waals surface area contributed by atoms with Gasteiger partial charge in [0.25, 0.3) is 0 Å². The molecule has 0 aromatic heterocycles. The van der Waals surface area contributed by atoms with Gasteiger partial charge in [0.1, 0.15) is 5.60 Å². The Balaban J connectivity index is 2.64. The average Bonchev–Trinajstić information content (AvgIpc) is 2.57. The van der Waals surface area contributed by atoms with Gasteiger partial charge in [0.05, 0.1) is 12.0 Å². The second-order valence-corrected chi connectivity index (χ2v) is 6.33. The number of carbonyl (C=O) groups excluding carboxylic acids is 2. The third-order valence-electron chi connectivity index (χ3n) is 3.87. The summed E-state index contributed by atoms with van der Waals surface area (Å²) in [4.78, 5) is 23.2. The highest BCUT2D eigenvalue weighted by Crippen LogP contribution is 2.44. The van der Waals surface area contributed by atoms with E-state index in [4.69, 9.17) is 9.99 Å². The molecule has 1 rings (SSSR count). The van der Waals surface area contributed by atoms with Crippen molar-refractivity contribution < 1.29 is 51.3 Å². The highest BCUT2D eigenvalue weighted by molar-refractivity contribution is 7.96. The molecule has 0 saturated heterocycles. The molecule has 0 amide bonds. The van der Waals surface area contributed by atoms with Gasteiger partial charge in [0.15, 0.2) is 6.61 Å². The van der Waals surface area contributed by atoms with Gasteiger partial charge in [-0.2, -0.15) is 13.2 Å². The van der Waals surface area contributed by atoms with Crippen molar-refractivity contribution >= 4 is 24.0 Å². The Morgan fingerprint density at radius 3 is 2.24 bits per heavy atom. The molecule has 1 aliphatic carbocycles. The summed E-state index contributed by atoms with van der Waals surface area (Å²) in [6.07, 6.45) is -1.42. The summed E-state index contributed by atoms with van der Waals surface area (Å²) in [7, 11) is 0. The Morgan fingerprint density at radius 1 is 1.16 bits per heavy atom. The predicted octanol–water partition coefficient (Wildman–Crippen LogP) is 3.48. The molecule has 0 aromatic rings. The van der Waals surface area contributed by atoms with E-state index in [9.17, 15) is 27.2 Å². The summed E-state index contributed by atoms with van der Waals surface area (Å²) in [5.74, 6) is -3.51. The van der Waals surface area contributed by atoms with E-state index >= 15 is 0 Å². The maximum atomic E-state index is 13.8. The molecule has 0 heterocycles. The lowest BCUT2D eigenvalue weighted by Gasteiger charge is -2.35. The molecule has 0 aliphatic heterocycles. The van der Waals surface area contributed by atoms with Gasteiger partial charge in [-0.15, -0.1) is 4.33 Å². The minimum Gasteiger partial charge on any atom is -0.457 e. The lowest BCUT2D eigenvalue weighted by molar-refractivity contribution is -0.433. The zero-order valence-electron chi connectivity index (χ0n) is 13.3. The van der Waals surface area contributed by atoms with Gasteiger partial charge in [-0.1, -0.05) is 18.4 Å². The summed E-state index contributed by atoms with van der Waals surface area (Å²) in [6.45, 7) is 0.604. The number of hydrogen-bond acceptors (Lipinski definition) is 8. The highest BCUT2D eigenvalue weighted by Gasteiger charge is 2.66. The fourth-order valence-electron chi connectivity index (χ4n) is 2.47. The van der Waals surface area contributed by atoms with E-state index in [1.54, 1.807) is 6.92 Å². The Labute approximate surface area is 145 Å². The van der Waals surface area contributed by atoms with Gasteiger partial charge in [0.2, 0.25) is 0 Å². The Kier molecular flexibility index (Phi) is 7.90. The van der Waals surface area contributed by atoms with E-state index in [2.05, 4.69) is 14.1 Å². The minimum absolute atomic E-state index is 0.500. The Bertz CT molecular complexity index is 468. The molecule has 1 aliphatic rings. The van der Waals surface area contributed by atoms with Crippen LogP contribution >= 0.6 is 12.0 Å². The predicted molar refractivity (Wildman–Crippen MR) is 75.4 cm³/mol. The fraction of sp³-hybridized carbons (Fsp3) is 0.846. The molecule has 0 bridgehead atoms. The molecule has 25 heavy (non-hydrogen) atoms. The Hall–Kier alpha value is -1.11. The number of alkyl halides is 4. The first-order valence-electron chi connectivity index (χ1n) is 7.41. The van der Waals surface area contributed by atoms with E-state index in [1.165, 1.54) is 0 Å². The molecule has 1 unspecified atom stereocenters. The monoisotopic (exact) mass is 394 g/mol. The molecular weight excluding hydrogens is 376 g/mol. The highest BCUT2D eigenvalue weighted by atomic mass is 32.2. The molecule has 0 aromatic carbocycles. The summed E-state index contributed by atoms with van der Waals surface area (Å²) >= 11 is -1.16. The van der Waals surface area contributed by atoms with Crippen LogP contribution in [0.3, 0.4) is 0 Å². The number of ether oxygens (including phenoxy) is 2. The van der Waals surface area contributed by atoms with Crippen molar-refractivity contribution in [2.45, 2.75) is 62.2 Å².